The van der Waals surface area contributed by atoms with Crippen LogP contribution in [0.2, 0.25) is 0 Å². The summed E-state index contributed by atoms with van der Waals surface area (Å²) in [6.07, 6.45) is 0. The van der Waals surface area contributed by atoms with Crippen LogP contribution in [0.3, 0.4) is 0 Å². The number of methoxy groups -OCH3 is 1. The number of pyridine rings is 1. The van der Waals surface area contributed by atoms with Gasteiger partial charge in [-0.15, -0.1) is 0 Å². The Kier molecular flexibility index (Phi) is 3.72. The predicted molar refractivity (Wildman–Crippen MR) is 85.2 cm³/mol. The number of aromatic nitrogens is 1. The van der Waals surface area contributed by atoms with Crippen LogP contribution in [0.25, 0.3) is 22.2 Å². The average molecular weight is 308 g/mol. The van der Waals surface area contributed by atoms with E-state index in [1.54, 1.807) is 12.1 Å². The molecule has 114 valence electrons. The first-order valence-corrected chi connectivity index (χ1v) is 6.83. The monoisotopic (exact) mass is 308 g/mol. The lowest BCUT2D eigenvalue weighted by molar-refractivity contribution is -0.383. The zero-order chi connectivity index (χ0) is 16.4. The molecule has 0 bridgehead atoms. The smallest absolute Gasteiger partial charge is 0.340 e. The Morgan fingerprint density at radius 2 is 1.87 bits per heavy atom. The molecule has 0 amide bonds. The first-order chi connectivity index (χ1) is 11.1. The molecule has 0 spiro atoms. The highest BCUT2D eigenvalue weighted by Crippen LogP contribution is 2.30. The first kappa shape index (κ1) is 14.6. The molecule has 0 fully saturated rings. The number of ether oxygens (including phenoxy) is 1. The summed E-state index contributed by atoms with van der Waals surface area (Å²) in [5.74, 6) is -0.587. The van der Waals surface area contributed by atoms with E-state index < -0.39 is 10.9 Å². The number of nitro benzene ring substituents is 1. The second-order valence-electron chi connectivity index (χ2n) is 4.84. The fourth-order valence-electron chi connectivity index (χ4n) is 2.42. The molecule has 0 aliphatic rings. The van der Waals surface area contributed by atoms with E-state index in [1.165, 1.54) is 19.2 Å². The van der Waals surface area contributed by atoms with E-state index in [0.717, 1.165) is 5.56 Å². The van der Waals surface area contributed by atoms with E-state index >= 15 is 0 Å². The van der Waals surface area contributed by atoms with Crippen LogP contribution in [-0.2, 0) is 4.74 Å². The van der Waals surface area contributed by atoms with E-state index in [0.29, 0.717) is 16.6 Å². The van der Waals surface area contributed by atoms with Crippen LogP contribution in [0.4, 0.5) is 5.69 Å². The molecule has 0 saturated carbocycles. The van der Waals surface area contributed by atoms with Crippen LogP contribution in [0, 0.1) is 10.1 Å². The van der Waals surface area contributed by atoms with Crippen LogP contribution < -0.4 is 0 Å². The van der Waals surface area contributed by atoms with Crippen LogP contribution >= 0.6 is 0 Å². The lowest BCUT2D eigenvalue weighted by Gasteiger charge is -2.09. The molecule has 0 aliphatic carbocycles. The van der Waals surface area contributed by atoms with Crippen LogP contribution in [0.5, 0.6) is 0 Å². The topological polar surface area (TPSA) is 82.3 Å². The molecule has 0 atom stereocenters. The number of hydrogen-bond acceptors (Lipinski definition) is 5. The van der Waals surface area contributed by atoms with Gasteiger partial charge in [0, 0.05) is 11.6 Å². The fourth-order valence-corrected chi connectivity index (χ4v) is 2.42. The maximum atomic E-state index is 12.1. The number of benzene rings is 2. The second-order valence-corrected chi connectivity index (χ2v) is 4.84. The van der Waals surface area contributed by atoms with Crippen LogP contribution in [0.1, 0.15) is 10.4 Å². The van der Waals surface area contributed by atoms with E-state index in [-0.39, 0.29) is 11.3 Å². The Morgan fingerprint density at radius 3 is 2.52 bits per heavy atom. The maximum Gasteiger partial charge on any atom is 0.340 e. The minimum absolute atomic E-state index is 0.0974. The quantitative estimate of drug-likeness (QED) is 0.419. The molecule has 0 radical (unpaired) electrons. The number of hydrogen-bond donors (Lipinski definition) is 0. The molecule has 0 N–H and O–H groups in total. The first-order valence-electron chi connectivity index (χ1n) is 6.83. The number of nitro groups is 1. The van der Waals surface area contributed by atoms with E-state index in [2.05, 4.69) is 4.98 Å². The van der Waals surface area contributed by atoms with Gasteiger partial charge in [0.1, 0.15) is 0 Å². The van der Waals surface area contributed by atoms with E-state index in [4.69, 9.17) is 4.74 Å². The fraction of sp³-hybridized carbons (Fsp3) is 0.0588. The minimum atomic E-state index is -0.587. The summed E-state index contributed by atoms with van der Waals surface area (Å²) in [4.78, 5) is 27.2. The van der Waals surface area contributed by atoms with Crippen molar-refractivity contribution in [2.24, 2.45) is 0 Å². The Balaban J connectivity index is 2.36. The number of non-ortho nitro benzene ring substituents is 1. The number of nitrogens with zero attached hydrogens (tertiary/aromatic N) is 2. The van der Waals surface area contributed by atoms with Gasteiger partial charge < -0.3 is 4.74 Å². The molecule has 6 heteroatoms. The van der Waals surface area contributed by atoms with Crippen LogP contribution in [-0.4, -0.2) is 23.0 Å². The number of rotatable bonds is 3. The number of carbonyl (C=O) groups is 1. The van der Waals surface area contributed by atoms with Gasteiger partial charge in [-0.05, 0) is 12.1 Å². The molecule has 2 aromatic carbocycles. The summed E-state index contributed by atoms with van der Waals surface area (Å²) >= 11 is 0. The SMILES string of the molecule is COC(=O)c1cc2c([N+](=O)[O-])cccc2nc1-c1ccccc1. The number of esters is 1. The lowest BCUT2D eigenvalue weighted by Crippen LogP contribution is -2.06. The predicted octanol–water partition coefficient (Wildman–Crippen LogP) is 3.60. The van der Waals surface area contributed by atoms with Crippen molar-refractivity contribution in [2.45, 2.75) is 0 Å². The maximum absolute atomic E-state index is 12.1. The highest BCUT2D eigenvalue weighted by Gasteiger charge is 2.20. The summed E-state index contributed by atoms with van der Waals surface area (Å²) < 4.78 is 4.80. The Morgan fingerprint density at radius 1 is 1.13 bits per heavy atom. The molecular formula is C17H12N2O4. The Labute approximate surface area is 131 Å². The van der Waals surface area contributed by atoms with Crippen LogP contribution in [0.15, 0.2) is 54.6 Å². The van der Waals surface area contributed by atoms with Gasteiger partial charge in [-0.1, -0.05) is 36.4 Å². The van der Waals surface area contributed by atoms with Crippen molar-refractivity contribution in [2.75, 3.05) is 7.11 Å². The number of fused-ring (bicyclic) bond motifs is 1. The van der Waals surface area contributed by atoms with Crippen molar-refractivity contribution in [3.8, 4) is 11.3 Å². The molecule has 1 aromatic heterocycles. The number of carbonyl (C=O) groups excluding carboxylic acids is 1. The van der Waals surface area contributed by atoms with Gasteiger partial charge in [0.15, 0.2) is 0 Å². The largest absolute Gasteiger partial charge is 0.465 e. The van der Waals surface area contributed by atoms with Gasteiger partial charge >= 0.3 is 5.97 Å². The van der Waals surface area contributed by atoms with Gasteiger partial charge in [0.25, 0.3) is 5.69 Å². The third-order valence-electron chi connectivity index (χ3n) is 3.49. The van der Waals surface area contributed by atoms with Crippen molar-refractivity contribution in [3.63, 3.8) is 0 Å². The summed E-state index contributed by atoms with van der Waals surface area (Å²) in [5, 5.41) is 11.5. The molecule has 3 aromatic rings. The Bertz CT molecular complexity index is 907. The average Bonchev–Trinajstić information content (AvgIpc) is 2.60. The van der Waals surface area contributed by atoms with Gasteiger partial charge in [0.05, 0.1) is 34.2 Å². The summed E-state index contributed by atoms with van der Waals surface area (Å²) in [5.41, 5.74) is 1.72. The van der Waals surface area contributed by atoms with Gasteiger partial charge in [-0.2, -0.15) is 0 Å². The third-order valence-corrected chi connectivity index (χ3v) is 3.49. The standard InChI is InChI=1S/C17H12N2O4/c1-23-17(20)13-10-12-14(8-5-9-15(12)19(21)22)18-16(13)11-6-3-2-4-7-11/h2-10H,1H3. The molecular weight excluding hydrogens is 296 g/mol. The third kappa shape index (κ3) is 2.62. The van der Waals surface area contributed by atoms with Gasteiger partial charge in [-0.25, -0.2) is 9.78 Å². The molecule has 23 heavy (non-hydrogen) atoms. The van der Waals surface area contributed by atoms with Crippen molar-refractivity contribution in [1.82, 2.24) is 4.98 Å². The van der Waals surface area contributed by atoms with Crippen molar-refractivity contribution >= 4 is 22.6 Å². The zero-order valence-electron chi connectivity index (χ0n) is 12.2. The summed E-state index contributed by atoms with van der Waals surface area (Å²) in [6.45, 7) is 0. The molecule has 1 heterocycles. The Hall–Kier alpha value is -3.28. The van der Waals surface area contributed by atoms with Crippen molar-refractivity contribution in [3.05, 3.63) is 70.3 Å². The van der Waals surface area contributed by atoms with Crippen molar-refractivity contribution in [1.29, 1.82) is 0 Å². The highest BCUT2D eigenvalue weighted by atomic mass is 16.6. The minimum Gasteiger partial charge on any atom is -0.465 e. The van der Waals surface area contributed by atoms with Gasteiger partial charge in [0.2, 0.25) is 0 Å². The molecule has 0 aliphatic heterocycles. The summed E-state index contributed by atoms with van der Waals surface area (Å²) in [7, 11) is 1.26. The van der Waals surface area contributed by atoms with E-state index in [9.17, 15) is 14.9 Å². The molecule has 0 unspecified atom stereocenters. The summed E-state index contributed by atoms with van der Waals surface area (Å²) in [6, 6.07) is 15.2. The normalized spacial score (nSPS) is 10.5. The molecule has 0 saturated heterocycles. The van der Waals surface area contributed by atoms with Gasteiger partial charge in [-0.3, -0.25) is 10.1 Å². The molecule has 6 nitrogen and oxygen atoms in total. The van der Waals surface area contributed by atoms with Crippen molar-refractivity contribution < 1.29 is 14.5 Å². The second kappa shape index (κ2) is 5.84. The van der Waals surface area contributed by atoms with E-state index in [1.807, 2.05) is 30.3 Å². The zero-order valence-corrected chi connectivity index (χ0v) is 12.2. The molecule has 3 rings (SSSR count). The lowest BCUT2D eigenvalue weighted by atomic mass is 10.0. The highest BCUT2D eigenvalue weighted by molar-refractivity contribution is 6.02.